The van der Waals surface area contributed by atoms with Crippen LogP contribution in [-0.4, -0.2) is 180 Å². The van der Waals surface area contributed by atoms with Crippen molar-refractivity contribution >= 4 is 82.3 Å². The molecule has 0 bridgehead atoms. The number of ether oxygens (including phenoxy) is 5. The number of methoxy groups -OCH3 is 2. The molecule has 9 heterocycles. The number of hydrogen-bond donors (Lipinski definition) is 11. The molecule has 42 heteroatoms. The molecule has 422 valence electrons. The Balaban J connectivity index is 0.894. The molecule has 38 nitrogen and oxygen atoms in total. The maximum absolute atomic E-state index is 14.4. The highest BCUT2D eigenvalue weighted by Gasteiger charge is 2.55. The van der Waals surface area contributed by atoms with E-state index in [0.29, 0.717) is 0 Å². The van der Waals surface area contributed by atoms with Gasteiger partial charge in [-0.2, -0.15) is 23.2 Å². The number of nitrogens with zero attached hydrogens (tertiary/aromatic N) is 10. The van der Waals surface area contributed by atoms with Crippen molar-refractivity contribution in [3.8, 4) is 0 Å². The van der Waals surface area contributed by atoms with Crippen LogP contribution in [0.3, 0.4) is 0 Å². The summed E-state index contributed by atoms with van der Waals surface area (Å²) in [6, 6.07) is 0. The molecule has 77 heavy (non-hydrogen) atoms. The van der Waals surface area contributed by atoms with Gasteiger partial charge in [0.1, 0.15) is 50.0 Å². The largest absolute Gasteiger partial charge is 0.778 e. The molecule has 6 aromatic heterocycles. The second-order valence-corrected chi connectivity index (χ2v) is 23.9. The first-order chi connectivity index (χ1) is 36.3. The maximum atomic E-state index is 14.4. The fraction of sp³-hybridized carbons (Fsp3) is 0.571. The third-order valence-electron chi connectivity index (χ3n) is 12.5. The van der Waals surface area contributed by atoms with Crippen molar-refractivity contribution in [2.24, 2.45) is 13.0 Å². The van der Waals surface area contributed by atoms with Gasteiger partial charge in [-0.3, -0.25) is 37.7 Å². The molecule has 3 fully saturated rings. The summed E-state index contributed by atoms with van der Waals surface area (Å²) in [5.74, 6) is -1.39. The minimum absolute atomic E-state index is 0.0202. The molecule has 0 saturated carbocycles. The van der Waals surface area contributed by atoms with Gasteiger partial charge in [0.15, 0.2) is 35.1 Å². The fourth-order valence-electron chi connectivity index (χ4n) is 9.13. The molecule has 0 amide bonds. The second-order valence-electron chi connectivity index (χ2n) is 17.3. The second kappa shape index (κ2) is 21.5. The third kappa shape index (κ3) is 11.1. The Morgan fingerprint density at radius 3 is 1.94 bits per heavy atom. The summed E-state index contributed by atoms with van der Waals surface area (Å²) in [6.07, 6.45) is -11.3. The SMILES string of the molecule is CNc1ncnc2c1ncn2[C@@H]1O[C@H](COP(=O)(O)OP(=O)(O)OP(=O)(O)OC[C@H]2O[C@@H](n3c[n+](C)c4c(=O)[nH]c(N)nc43)[C@H](O)[C@@H]2COC)[C@@H](P(=O)([O-])OC[C@H]2O[C@@H](n3cnc4c(=O)[nH]c(N)nc43)[C@H](O)[C@@H]2O)[C@H]1OC. The van der Waals surface area contributed by atoms with E-state index in [2.05, 4.69) is 53.8 Å². The van der Waals surface area contributed by atoms with Crippen molar-refractivity contribution in [2.75, 3.05) is 64.5 Å². The molecule has 4 unspecified atom stereocenters. The zero-order valence-electron chi connectivity index (χ0n) is 40.1. The number of aliphatic hydroxyl groups is 3. The molecule has 0 aliphatic carbocycles. The number of aromatic nitrogens is 12. The molecule has 0 aromatic carbocycles. The molecule has 0 spiro atoms. The lowest BCUT2D eigenvalue weighted by Gasteiger charge is -2.35. The number of aliphatic hydroxyl groups excluding tert-OH is 3. The van der Waals surface area contributed by atoms with Crippen molar-refractivity contribution < 1.29 is 104 Å². The summed E-state index contributed by atoms with van der Waals surface area (Å²) < 4.78 is 111. The lowest BCUT2D eigenvalue weighted by molar-refractivity contribution is -0.646. The van der Waals surface area contributed by atoms with Crippen LogP contribution in [-0.2, 0) is 71.2 Å². The van der Waals surface area contributed by atoms with Crippen molar-refractivity contribution in [2.45, 2.75) is 67.1 Å². The van der Waals surface area contributed by atoms with Gasteiger partial charge >= 0.3 is 29.0 Å². The molecule has 16 atom stereocenters. The van der Waals surface area contributed by atoms with Gasteiger partial charge in [-0.25, -0.2) is 38.2 Å². The standard InChI is InChI=1S/C35H49N15O23P4/c1-38-25-17-26(40-9-39-25)48(10-41-17)33-23(65-4)24(74(56,57)66-7-15-21(52)22(53)32(70-15)49-11-42-18-27(49)43-34(36)45-29(18)54)16(71-33)8-68-76(60,61)73-77(62,63)72-75(58,59)67-6-14-13(5-64-3)20(51)31(69-14)50-12-47(2)19-28(50)44-35(37)46-30(19)55/h9-16,20-24,31-33,51-53H,5-8H2,1-4H3,(H10-,36,37,38,39,40,43,44,45,46,54,55,56,57,58,59,60,61,62,63)/t13-,14-,15-,16-,20-,21-,22-,23-,24-,31-,32-,33-/m1/s1. The van der Waals surface area contributed by atoms with Crippen LogP contribution in [0.5, 0.6) is 0 Å². The van der Waals surface area contributed by atoms with Crippen LogP contribution >= 0.6 is 31.1 Å². The number of nitrogens with one attached hydrogen (secondary N) is 3. The van der Waals surface area contributed by atoms with Gasteiger partial charge in [-0.15, -0.1) is 0 Å². The Morgan fingerprint density at radius 2 is 1.29 bits per heavy atom. The number of phosphoric ester groups is 2. The summed E-state index contributed by atoms with van der Waals surface area (Å²) in [5, 5.41) is 36.1. The number of anilines is 3. The first-order valence-corrected chi connectivity index (χ1v) is 28.4. The van der Waals surface area contributed by atoms with E-state index in [0.717, 1.165) is 24.3 Å². The lowest BCUT2D eigenvalue weighted by Crippen LogP contribution is -2.40. The van der Waals surface area contributed by atoms with Gasteiger partial charge in [-0.1, -0.05) is 0 Å². The Morgan fingerprint density at radius 1 is 0.714 bits per heavy atom. The van der Waals surface area contributed by atoms with Crippen LogP contribution in [0, 0.1) is 5.92 Å². The Bertz CT molecular complexity index is 3510. The van der Waals surface area contributed by atoms with Crippen LogP contribution in [0.4, 0.5) is 17.7 Å². The zero-order chi connectivity index (χ0) is 55.7. The van der Waals surface area contributed by atoms with Gasteiger partial charge in [0, 0.05) is 27.2 Å². The van der Waals surface area contributed by atoms with Gasteiger partial charge in [0.2, 0.25) is 24.5 Å². The number of phosphoric acid groups is 3. The van der Waals surface area contributed by atoms with Crippen LogP contribution in [0.2, 0.25) is 0 Å². The predicted octanol–water partition coefficient (Wildman–Crippen LogP) is -3.91. The Hall–Kier alpha value is -5.11. The van der Waals surface area contributed by atoms with Crippen molar-refractivity contribution in [3.63, 3.8) is 0 Å². The molecule has 0 radical (unpaired) electrons. The van der Waals surface area contributed by atoms with Crippen LogP contribution in [0.15, 0.2) is 34.9 Å². The number of rotatable bonds is 21. The summed E-state index contributed by atoms with van der Waals surface area (Å²) in [7, 11) is -18.2. The fourth-order valence-corrected chi connectivity index (χ4v) is 14.4. The molecular formula is C35H49N15O23P4. The zero-order valence-corrected chi connectivity index (χ0v) is 43.7. The van der Waals surface area contributed by atoms with Crippen molar-refractivity contribution in [1.82, 2.24) is 53.6 Å². The molecular weight excluding hydrogens is 1120 g/mol. The Kier molecular flexibility index (Phi) is 15.8. The minimum atomic E-state index is -6.20. The van der Waals surface area contributed by atoms with Crippen molar-refractivity contribution in [1.29, 1.82) is 0 Å². The molecule has 3 aliphatic heterocycles. The summed E-state index contributed by atoms with van der Waals surface area (Å²) in [4.78, 5) is 100. The van der Waals surface area contributed by atoms with Gasteiger partial charge in [0.05, 0.1) is 64.0 Å². The molecule has 9 rings (SSSR count). The van der Waals surface area contributed by atoms with Crippen LogP contribution in [0.25, 0.3) is 33.5 Å². The summed E-state index contributed by atoms with van der Waals surface area (Å²) >= 11 is 0. The van der Waals surface area contributed by atoms with Crippen LogP contribution < -0.4 is 37.4 Å². The van der Waals surface area contributed by atoms with E-state index in [1.807, 2.05) is 0 Å². The quantitative estimate of drug-likeness (QED) is 0.0242. The monoisotopic (exact) mass is 1170 g/mol. The molecule has 13 N–H and O–H groups in total. The number of fused-ring (bicyclic) bond motifs is 3. The van der Waals surface area contributed by atoms with Gasteiger partial charge in [-0.05, 0) is 0 Å². The van der Waals surface area contributed by atoms with E-state index in [9.17, 15) is 62.7 Å². The van der Waals surface area contributed by atoms with E-state index in [4.69, 9.17) is 48.7 Å². The van der Waals surface area contributed by atoms with E-state index >= 15 is 0 Å². The van der Waals surface area contributed by atoms with E-state index in [1.54, 1.807) is 0 Å². The van der Waals surface area contributed by atoms with Gasteiger partial charge < -0.3 is 84.5 Å². The number of H-pyrrole nitrogens is 2. The summed E-state index contributed by atoms with van der Waals surface area (Å²) in [6.45, 7) is -3.55. The van der Waals surface area contributed by atoms with E-state index in [1.165, 1.54) is 47.6 Å². The van der Waals surface area contributed by atoms with Gasteiger partial charge in [0.25, 0.3) is 16.7 Å². The third-order valence-corrected chi connectivity index (χ3v) is 18.6. The number of nitrogens with two attached hydrogens (primary N) is 2. The molecule has 3 saturated heterocycles. The topological polar surface area (TPSA) is 531 Å². The minimum Gasteiger partial charge on any atom is -0.778 e. The number of imidazole rings is 3. The van der Waals surface area contributed by atoms with Crippen molar-refractivity contribution in [3.05, 3.63) is 46.0 Å². The van der Waals surface area contributed by atoms with Crippen LogP contribution in [0.1, 0.15) is 18.7 Å². The highest BCUT2D eigenvalue weighted by molar-refractivity contribution is 7.66. The first kappa shape index (κ1) is 56.6. The number of aryl methyl sites for hydroxylation is 1. The highest BCUT2D eigenvalue weighted by atomic mass is 31.3. The maximum Gasteiger partial charge on any atom is 0.490 e. The average molecular weight is 1170 g/mol. The number of nitrogen functional groups attached to an aromatic ring is 2. The number of hydrogen-bond acceptors (Lipinski definition) is 29. The lowest BCUT2D eigenvalue weighted by atomic mass is 9.99. The highest BCUT2D eigenvalue weighted by Crippen LogP contribution is 2.68. The summed E-state index contributed by atoms with van der Waals surface area (Å²) in [5.41, 5.74) is 7.88. The first-order valence-electron chi connectivity index (χ1n) is 22.3. The normalized spacial score (nSPS) is 30.0. The Labute approximate surface area is 429 Å². The van der Waals surface area contributed by atoms with E-state index < -0.39 is 135 Å². The molecule has 6 aromatic rings. The number of aromatic amines is 2. The van der Waals surface area contributed by atoms with E-state index in [-0.39, 0.29) is 57.8 Å². The predicted molar refractivity (Wildman–Crippen MR) is 250 cm³/mol. The smallest absolute Gasteiger partial charge is 0.490 e. The molecule has 3 aliphatic rings. The average Bonchev–Trinajstić information content (AvgIpc) is 4.22.